The number of aromatic amines is 1. The van der Waals surface area contributed by atoms with Crippen molar-refractivity contribution >= 4 is 29.6 Å². The maximum Gasteiger partial charge on any atom is 0.278 e. The Hall–Kier alpha value is -3.34. The zero-order valence-corrected chi connectivity index (χ0v) is 13.1. The summed E-state index contributed by atoms with van der Waals surface area (Å²) in [4.78, 5) is 36.6. The van der Waals surface area contributed by atoms with Crippen molar-refractivity contribution in [3.8, 4) is 11.3 Å². The number of amides is 1. The van der Waals surface area contributed by atoms with Crippen molar-refractivity contribution in [2.45, 2.75) is 12.8 Å². The predicted molar refractivity (Wildman–Crippen MR) is 92.8 cm³/mol. The van der Waals surface area contributed by atoms with Crippen LogP contribution >= 0.6 is 0 Å². The van der Waals surface area contributed by atoms with E-state index in [9.17, 15) is 9.59 Å². The smallest absolute Gasteiger partial charge is 0.278 e. The monoisotopic (exact) mass is 325 g/mol. The van der Waals surface area contributed by atoms with Gasteiger partial charge in [0.25, 0.3) is 5.91 Å². The number of hydrogen-bond donors (Lipinski definition) is 1. The van der Waals surface area contributed by atoms with Gasteiger partial charge >= 0.3 is 0 Å². The summed E-state index contributed by atoms with van der Waals surface area (Å²) >= 11 is 0. The van der Waals surface area contributed by atoms with Crippen molar-refractivity contribution in [3.05, 3.63) is 62.9 Å². The molecule has 6 rings (SSSR count). The van der Waals surface area contributed by atoms with Gasteiger partial charge in [-0.2, -0.15) is 0 Å². The van der Waals surface area contributed by atoms with E-state index in [1.165, 1.54) is 5.56 Å². The first kappa shape index (κ1) is 13.0. The summed E-state index contributed by atoms with van der Waals surface area (Å²) in [6.07, 6.45) is 10.2. The fourth-order valence-corrected chi connectivity index (χ4v) is 4.25. The minimum atomic E-state index is -0.251. The zero-order chi connectivity index (χ0) is 16.7. The van der Waals surface area contributed by atoms with Crippen molar-refractivity contribution in [2.24, 2.45) is 9.98 Å². The Morgan fingerprint density at radius 2 is 2.00 bits per heavy atom. The molecule has 1 aromatic carbocycles. The van der Waals surface area contributed by atoms with E-state index < -0.39 is 0 Å². The highest BCUT2D eigenvalue weighted by Crippen LogP contribution is 2.37. The average Bonchev–Trinajstić information content (AvgIpc) is 3.30. The summed E-state index contributed by atoms with van der Waals surface area (Å²) in [5, 5.41) is 1.83. The van der Waals surface area contributed by atoms with Crippen LogP contribution in [0.15, 0.2) is 40.1 Å². The number of carbonyl (C=O) groups excluding carboxylic acids is 2. The molecule has 0 radical (unpaired) electrons. The van der Waals surface area contributed by atoms with Crippen molar-refractivity contribution < 1.29 is 9.59 Å². The summed E-state index contributed by atoms with van der Waals surface area (Å²) in [6, 6.07) is 2.06. The molecule has 1 aromatic heterocycles. The van der Waals surface area contributed by atoms with Crippen LogP contribution in [-0.4, -0.2) is 22.9 Å². The maximum absolute atomic E-state index is 12.5. The van der Waals surface area contributed by atoms with Crippen LogP contribution in [-0.2, 0) is 11.2 Å². The third-order valence-corrected chi connectivity index (χ3v) is 5.31. The van der Waals surface area contributed by atoms with E-state index in [1.54, 1.807) is 18.4 Å². The lowest BCUT2D eigenvalue weighted by Gasteiger charge is -2.16. The Morgan fingerprint density at radius 1 is 1.08 bits per heavy atom. The predicted octanol–water partition coefficient (Wildman–Crippen LogP) is 1.46. The molecule has 1 N–H and O–H groups in total. The van der Waals surface area contributed by atoms with Crippen LogP contribution in [0.1, 0.15) is 33.5 Å². The molecule has 5 heteroatoms. The number of rotatable bonds is 0. The van der Waals surface area contributed by atoms with E-state index in [1.807, 2.05) is 6.20 Å². The summed E-state index contributed by atoms with van der Waals surface area (Å²) in [6.45, 7) is 0. The van der Waals surface area contributed by atoms with Gasteiger partial charge in [0.15, 0.2) is 5.78 Å². The molecular formula is C20H11N3O2. The zero-order valence-electron chi connectivity index (χ0n) is 13.1. The second-order valence-corrected chi connectivity index (χ2v) is 6.60. The number of aliphatic imine (C=N–C) groups is 1. The molecule has 25 heavy (non-hydrogen) atoms. The highest BCUT2D eigenvalue weighted by atomic mass is 16.1. The minimum Gasteiger partial charge on any atom is -0.361 e. The standard InChI is InChI=1S/C20H11N3O2/c24-10-2-4-14-12(7-10)16-17-13(8-22-20(17)25)15-11(19(16)23-14)3-1-9-5-6-21-18(9)15/h2-6,8,21H,1,7H2. The minimum absolute atomic E-state index is 0.0373. The summed E-state index contributed by atoms with van der Waals surface area (Å²) in [7, 11) is 0. The molecule has 3 heterocycles. The lowest BCUT2D eigenvalue weighted by molar-refractivity contribution is -0.113. The van der Waals surface area contributed by atoms with Crippen molar-refractivity contribution in [2.75, 3.05) is 0 Å². The van der Waals surface area contributed by atoms with Gasteiger partial charge in [-0.3, -0.25) is 9.59 Å². The molecule has 0 atom stereocenters. The number of ketones is 1. The van der Waals surface area contributed by atoms with Crippen LogP contribution in [0, 0.1) is 0 Å². The Labute approximate surface area is 141 Å². The van der Waals surface area contributed by atoms with Crippen molar-refractivity contribution in [3.63, 3.8) is 0 Å². The summed E-state index contributed by atoms with van der Waals surface area (Å²) in [5.41, 5.74) is 7.09. The van der Waals surface area contributed by atoms with E-state index >= 15 is 0 Å². The van der Waals surface area contributed by atoms with Crippen LogP contribution in [0.4, 0.5) is 0 Å². The first-order valence-electron chi connectivity index (χ1n) is 8.20. The molecule has 2 aliphatic carbocycles. The molecule has 118 valence electrons. The molecule has 0 unspecified atom stereocenters. The lowest BCUT2D eigenvalue weighted by Crippen LogP contribution is -2.34. The number of H-pyrrole nitrogens is 1. The molecule has 0 spiro atoms. The molecular weight excluding hydrogens is 314 g/mol. The normalized spacial score (nSPS) is 18.4. The number of hydrogen-bond acceptors (Lipinski definition) is 3. The van der Waals surface area contributed by atoms with E-state index in [2.05, 4.69) is 22.1 Å². The number of benzene rings is 1. The van der Waals surface area contributed by atoms with Gasteiger partial charge in [0.2, 0.25) is 0 Å². The highest BCUT2D eigenvalue weighted by Gasteiger charge is 2.34. The molecule has 0 saturated carbocycles. The van der Waals surface area contributed by atoms with E-state index in [0.717, 1.165) is 50.7 Å². The van der Waals surface area contributed by atoms with Crippen LogP contribution in [0.3, 0.4) is 0 Å². The highest BCUT2D eigenvalue weighted by molar-refractivity contribution is 6.19. The fraction of sp³-hybridized carbons (Fsp3) is 0.100. The van der Waals surface area contributed by atoms with Gasteiger partial charge in [-0.05, 0) is 35.8 Å². The van der Waals surface area contributed by atoms with Crippen LogP contribution in [0.25, 0.3) is 22.9 Å². The lowest BCUT2D eigenvalue weighted by atomic mass is 9.84. The van der Waals surface area contributed by atoms with Crippen molar-refractivity contribution in [1.29, 1.82) is 0 Å². The van der Waals surface area contributed by atoms with E-state index in [0.29, 0.717) is 5.56 Å². The molecule has 2 aliphatic heterocycles. The topological polar surface area (TPSA) is 74.7 Å². The molecule has 1 amide bonds. The number of aromatic nitrogens is 1. The van der Waals surface area contributed by atoms with Gasteiger partial charge in [0, 0.05) is 40.7 Å². The molecule has 2 aromatic rings. The number of carbonyl (C=O) groups is 2. The Morgan fingerprint density at radius 3 is 2.92 bits per heavy atom. The van der Waals surface area contributed by atoms with Gasteiger partial charge in [-0.15, -0.1) is 0 Å². The van der Waals surface area contributed by atoms with Crippen LogP contribution in [0.2, 0.25) is 0 Å². The maximum atomic E-state index is 12.5. The SMILES string of the molecule is O=C1C=CC2=C(C1)c1c3c(c4c(c1=N2)=CCc1cc[nH]c1-4)C=NC3=O. The summed E-state index contributed by atoms with van der Waals surface area (Å²) < 4.78 is 0. The number of fused-ring (bicyclic) bond motifs is 9. The number of nitrogens with one attached hydrogen (secondary N) is 1. The Balaban J connectivity index is 1.81. The second-order valence-electron chi connectivity index (χ2n) is 6.60. The van der Waals surface area contributed by atoms with Gasteiger partial charge in [0.1, 0.15) is 0 Å². The van der Waals surface area contributed by atoms with Gasteiger partial charge in [-0.25, -0.2) is 9.98 Å². The van der Waals surface area contributed by atoms with Gasteiger partial charge in [0.05, 0.1) is 22.3 Å². The molecule has 0 bridgehead atoms. The molecule has 0 saturated heterocycles. The fourth-order valence-electron chi connectivity index (χ4n) is 4.25. The Bertz CT molecular complexity index is 1270. The van der Waals surface area contributed by atoms with Crippen LogP contribution in [0.5, 0.6) is 0 Å². The first-order valence-corrected chi connectivity index (χ1v) is 8.20. The van der Waals surface area contributed by atoms with Crippen LogP contribution < -0.4 is 10.6 Å². The van der Waals surface area contributed by atoms with Gasteiger partial charge in [-0.1, -0.05) is 6.08 Å². The van der Waals surface area contributed by atoms with E-state index in [-0.39, 0.29) is 18.1 Å². The van der Waals surface area contributed by atoms with E-state index in [4.69, 9.17) is 4.99 Å². The molecule has 5 nitrogen and oxygen atoms in total. The summed E-state index contributed by atoms with van der Waals surface area (Å²) in [5.74, 6) is -0.214. The number of allylic oxidation sites excluding steroid dienone is 3. The number of nitrogens with zero attached hydrogens (tertiary/aromatic N) is 2. The Kier molecular flexibility index (Phi) is 2.18. The quantitative estimate of drug-likeness (QED) is 0.796. The third kappa shape index (κ3) is 1.48. The average molecular weight is 325 g/mol. The van der Waals surface area contributed by atoms with Crippen molar-refractivity contribution in [1.82, 2.24) is 4.98 Å². The second kappa shape index (κ2) is 4.19. The first-order chi connectivity index (χ1) is 12.2. The molecule has 0 fully saturated rings. The third-order valence-electron chi connectivity index (χ3n) is 5.31. The largest absolute Gasteiger partial charge is 0.361 e. The molecule has 4 aliphatic rings. The van der Waals surface area contributed by atoms with Gasteiger partial charge < -0.3 is 4.98 Å².